The predicted octanol–water partition coefficient (Wildman–Crippen LogP) is 3.68. The number of sulfonamides is 1. The van der Waals surface area contributed by atoms with Crippen LogP contribution in [-0.2, 0) is 14.8 Å². The molecule has 1 saturated heterocycles. The highest BCUT2D eigenvalue weighted by atomic mass is 32.2. The number of methoxy groups -OCH3 is 1. The van der Waals surface area contributed by atoms with Gasteiger partial charge < -0.3 is 9.47 Å². The Labute approximate surface area is 159 Å². The molecule has 1 aliphatic rings. The summed E-state index contributed by atoms with van der Waals surface area (Å²) in [6, 6.07) is 10.8. The van der Waals surface area contributed by atoms with E-state index in [1.54, 1.807) is 37.4 Å². The van der Waals surface area contributed by atoms with Crippen LogP contribution in [0.4, 0.5) is 4.39 Å². The van der Waals surface area contributed by atoms with E-state index in [0.29, 0.717) is 5.75 Å². The molecule has 146 valence electrons. The van der Waals surface area contributed by atoms with Crippen molar-refractivity contribution in [1.82, 2.24) is 4.31 Å². The van der Waals surface area contributed by atoms with Gasteiger partial charge in [-0.1, -0.05) is 12.1 Å². The lowest BCUT2D eigenvalue weighted by Gasteiger charge is -2.44. The molecule has 0 radical (unpaired) electrons. The summed E-state index contributed by atoms with van der Waals surface area (Å²) in [7, 11) is -2.19. The molecule has 3 rings (SSSR count). The molecule has 0 bridgehead atoms. The summed E-state index contributed by atoms with van der Waals surface area (Å²) in [6.45, 7) is 5.88. The third-order valence-electron chi connectivity index (χ3n) is 4.84. The van der Waals surface area contributed by atoms with E-state index in [4.69, 9.17) is 9.47 Å². The summed E-state index contributed by atoms with van der Waals surface area (Å²) in [5, 5.41) is 0. The number of morpholine rings is 1. The standard InChI is InChI=1S/C20H24FNO4S/c1-14-11-17(9-10-18(14)25-4)27(23,24)22-12-19(26-13-20(22,2)3)15-5-7-16(21)8-6-15/h5-11,19H,12-13H2,1-4H3. The Kier molecular flexibility index (Phi) is 5.29. The number of rotatable bonds is 4. The van der Waals surface area contributed by atoms with Crippen LogP contribution >= 0.6 is 0 Å². The van der Waals surface area contributed by atoms with Crippen LogP contribution in [0.5, 0.6) is 5.75 Å². The maximum absolute atomic E-state index is 13.4. The highest BCUT2D eigenvalue weighted by Gasteiger charge is 2.43. The highest BCUT2D eigenvalue weighted by Crippen LogP contribution is 2.35. The van der Waals surface area contributed by atoms with Gasteiger partial charge in [-0.05, 0) is 62.2 Å². The van der Waals surface area contributed by atoms with E-state index in [-0.39, 0.29) is 23.9 Å². The Morgan fingerprint density at radius 3 is 2.44 bits per heavy atom. The van der Waals surface area contributed by atoms with Gasteiger partial charge in [0.05, 0.1) is 30.3 Å². The quantitative estimate of drug-likeness (QED) is 0.795. The molecule has 7 heteroatoms. The average molecular weight is 393 g/mol. The smallest absolute Gasteiger partial charge is 0.243 e. The Morgan fingerprint density at radius 2 is 1.85 bits per heavy atom. The zero-order valence-electron chi connectivity index (χ0n) is 15.9. The third kappa shape index (κ3) is 3.85. The van der Waals surface area contributed by atoms with Crippen molar-refractivity contribution in [2.24, 2.45) is 0 Å². The van der Waals surface area contributed by atoms with Crippen LogP contribution in [0.1, 0.15) is 31.1 Å². The zero-order valence-corrected chi connectivity index (χ0v) is 16.7. The SMILES string of the molecule is COc1ccc(S(=O)(=O)N2CC(c3ccc(F)cc3)OCC2(C)C)cc1C. The zero-order chi connectivity index (χ0) is 19.8. The molecule has 0 saturated carbocycles. The van der Waals surface area contributed by atoms with Crippen molar-refractivity contribution in [3.8, 4) is 5.75 Å². The molecule has 0 amide bonds. The number of nitrogens with zero attached hydrogens (tertiary/aromatic N) is 1. The second-order valence-corrected chi connectivity index (χ2v) is 9.19. The van der Waals surface area contributed by atoms with Gasteiger partial charge in [-0.3, -0.25) is 0 Å². The van der Waals surface area contributed by atoms with Gasteiger partial charge in [0, 0.05) is 6.54 Å². The molecule has 1 aliphatic heterocycles. The first-order chi connectivity index (χ1) is 12.6. The van der Waals surface area contributed by atoms with Crippen LogP contribution in [0, 0.1) is 12.7 Å². The van der Waals surface area contributed by atoms with Gasteiger partial charge in [0.15, 0.2) is 0 Å². The Hall–Kier alpha value is -1.96. The van der Waals surface area contributed by atoms with Crippen molar-refractivity contribution in [3.05, 3.63) is 59.4 Å². The van der Waals surface area contributed by atoms with Crippen LogP contribution in [-0.4, -0.2) is 38.5 Å². The minimum atomic E-state index is -3.74. The topological polar surface area (TPSA) is 55.8 Å². The van der Waals surface area contributed by atoms with E-state index < -0.39 is 21.7 Å². The lowest BCUT2D eigenvalue weighted by Crippen LogP contribution is -2.56. The molecule has 1 fully saturated rings. The van der Waals surface area contributed by atoms with Crippen LogP contribution in [0.25, 0.3) is 0 Å². The number of benzene rings is 2. The largest absolute Gasteiger partial charge is 0.496 e. The molecular weight excluding hydrogens is 369 g/mol. The molecule has 1 heterocycles. The third-order valence-corrected chi connectivity index (χ3v) is 6.91. The lowest BCUT2D eigenvalue weighted by molar-refractivity contribution is -0.0655. The van der Waals surface area contributed by atoms with Gasteiger partial charge in [0.25, 0.3) is 0 Å². The number of hydrogen-bond donors (Lipinski definition) is 0. The maximum Gasteiger partial charge on any atom is 0.243 e. The Balaban J connectivity index is 1.95. The fourth-order valence-corrected chi connectivity index (χ4v) is 5.12. The van der Waals surface area contributed by atoms with Gasteiger partial charge in [-0.25, -0.2) is 12.8 Å². The molecule has 0 spiro atoms. The number of ether oxygens (including phenoxy) is 2. The first-order valence-corrected chi connectivity index (χ1v) is 10.1. The van der Waals surface area contributed by atoms with E-state index in [1.807, 2.05) is 20.8 Å². The fraction of sp³-hybridized carbons (Fsp3) is 0.400. The number of halogens is 1. The summed E-state index contributed by atoms with van der Waals surface area (Å²) in [6.07, 6.45) is -0.451. The van der Waals surface area contributed by atoms with Gasteiger partial charge >= 0.3 is 0 Å². The van der Waals surface area contributed by atoms with Gasteiger partial charge in [0.2, 0.25) is 10.0 Å². The lowest BCUT2D eigenvalue weighted by atomic mass is 10.0. The van der Waals surface area contributed by atoms with Crippen molar-refractivity contribution in [3.63, 3.8) is 0 Å². The predicted molar refractivity (Wildman–Crippen MR) is 101 cm³/mol. The van der Waals surface area contributed by atoms with Gasteiger partial charge in [-0.15, -0.1) is 0 Å². The van der Waals surface area contributed by atoms with E-state index in [1.165, 1.54) is 16.4 Å². The highest BCUT2D eigenvalue weighted by molar-refractivity contribution is 7.89. The minimum absolute atomic E-state index is 0.159. The van der Waals surface area contributed by atoms with Crippen LogP contribution in [0.2, 0.25) is 0 Å². The minimum Gasteiger partial charge on any atom is -0.496 e. The summed E-state index contributed by atoms with van der Waals surface area (Å²) in [5.41, 5.74) is 0.793. The summed E-state index contributed by atoms with van der Waals surface area (Å²) in [5.74, 6) is 0.299. The Morgan fingerprint density at radius 1 is 1.19 bits per heavy atom. The Bertz CT molecular complexity index is 925. The van der Waals surface area contributed by atoms with Gasteiger partial charge in [-0.2, -0.15) is 4.31 Å². The molecule has 5 nitrogen and oxygen atoms in total. The van der Waals surface area contributed by atoms with Crippen LogP contribution in [0.15, 0.2) is 47.4 Å². The summed E-state index contributed by atoms with van der Waals surface area (Å²) >= 11 is 0. The van der Waals surface area contributed by atoms with Crippen LogP contribution in [0.3, 0.4) is 0 Å². The van der Waals surface area contributed by atoms with E-state index in [9.17, 15) is 12.8 Å². The first kappa shape index (κ1) is 19.8. The molecule has 1 atom stereocenters. The van der Waals surface area contributed by atoms with E-state index >= 15 is 0 Å². The van der Waals surface area contributed by atoms with Crippen molar-refractivity contribution < 1.29 is 22.3 Å². The summed E-state index contributed by atoms with van der Waals surface area (Å²) < 4.78 is 52.5. The first-order valence-electron chi connectivity index (χ1n) is 8.70. The van der Waals surface area contributed by atoms with Gasteiger partial charge in [0.1, 0.15) is 11.6 Å². The van der Waals surface area contributed by atoms with Crippen molar-refractivity contribution in [2.45, 2.75) is 37.3 Å². The normalized spacial score (nSPS) is 20.4. The average Bonchev–Trinajstić information content (AvgIpc) is 2.62. The fourth-order valence-electron chi connectivity index (χ4n) is 3.27. The molecule has 2 aromatic rings. The van der Waals surface area contributed by atoms with E-state index in [0.717, 1.165) is 11.1 Å². The van der Waals surface area contributed by atoms with Crippen molar-refractivity contribution >= 4 is 10.0 Å². The van der Waals surface area contributed by atoms with E-state index in [2.05, 4.69) is 0 Å². The molecule has 1 unspecified atom stereocenters. The van der Waals surface area contributed by atoms with Crippen molar-refractivity contribution in [1.29, 1.82) is 0 Å². The monoisotopic (exact) mass is 393 g/mol. The molecular formula is C20H24FNO4S. The molecule has 0 aromatic heterocycles. The molecule has 2 aromatic carbocycles. The summed E-state index contributed by atoms with van der Waals surface area (Å²) in [4.78, 5) is 0.216. The second kappa shape index (κ2) is 7.22. The number of aryl methyl sites for hydroxylation is 1. The molecule has 0 aliphatic carbocycles. The molecule has 27 heavy (non-hydrogen) atoms. The second-order valence-electron chi connectivity index (χ2n) is 7.33. The maximum atomic E-state index is 13.4. The van der Waals surface area contributed by atoms with Crippen LogP contribution < -0.4 is 4.74 Å². The number of hydrogen-bond acceptors (Lipinski definition) is 4. The van der Waals surface area contributed by atoms with Crippen molar-refractivity contribution in [2.75, 3.05) is 20.3 Å². The molecule has 0 N–H and O–H groups in total.